The quantitative estimate of drug-likeness (QED) is 0.404. The number of ketones is 1. The molecular weight excluding hydrogens is 456 g/mol. The maximum absolute atomic E-state index is 16.0. The predicted molar refractivity (Wildman–Crippen MR) is 128 cm³/mol. The van der Waals surface area contributed by atoms with Gasteiger partial charge in [0.2, 0.25) is 5.91 Å². The van der Waals surface area contributed by atoms with Gasteiger partial charge in [0.05, 0.1) is 40.2 Å². The van der Waals surface area contributed by atoms with E-state index in [2.05, 4.69) is 11.9 Å². The van der Waals surface area contributed by atoms with Gasteiger partial charge in [-0.05, 0) is 54.0 Å². The number of benzene rings is 1. The number of amides is 1. The fourth-order valence-electron chi connectivity index (χ4n) is 4.15. The Balaban J connectivity index is 2.01. The Morgan fingerprint density at radius 1 is 1.17 bits per heavy atom. The molecule has 1 aromatic carbocycles. The van der Waals surface area contributed by atoms with Gasteiger partial charge >= 0.3 is 0 Å². The van der Waals surface area contributed by atoms with Gasteiger partial charge in [-0.15, -0.1) is 0 Å². The van der Waals surface area contributed by atoms with Gasteiger partial charge in [0.15, 0.2) is 11.5 Å². The number of hydrogen-bond donors (Lipinski definition) is 1. The maximum atomic E-state index is 16.0. The van der Waals surface area contributed by atoms with Gasteiger partial charge < -0.3 is 19.5 Å². The first-order chi connectivity index (χ1) is 16.7. The highest BCUT2D eigenvalue weighted by molar-refractivity contribution is 6.07. The van der Waals surface area contributed by atoms with Gasteiger partial charge in [-0.2, -0.15) is 0 Å². The number of fused-ring (bicyclic) bond motifs is 1. The highest BCUT2D eigenvalue weighted by Crippen LogP contribution is 2.48. The van der Waals surface area contributed by atoms with Crippen LogP contribution in [0.2, 0.25) is 0 Å². The number of carbonyl (C=O) groups excluding carboxylic acids is 2. The third-order valence-electron chi connectivity index (χ3n) is 5.91. The second-order valence-electron chi connectivity index (χ2n) is 7.91. The summed E-state index contributed by atoms with van der Waals surface area (Å²) in [7, 11) is 4.11. The molecule has 1 aromatic rings. The molecule has 0 radical (unpaired) electrons. The molecule has 0 saturated carbocycles. The minimum Gasteiger partial charge on any atom is -0.499 e. The number of methoxy groups -OCH3 is 3. The maximum Gasteiger partial charge on any atom is 0.261 e. The molecule has 1 N–H and O–H groups in total. The third-order valence-corrected chi connectivity index (χ3v) is 5.91. The first kappa shape index (κ1) is 25.7. The molecular formula is C27H27F2NO5. The van der Waals surface area contributed by atoms with Gasteiger partial charge in [-0.3, -0.25) is 9.59 Å². The Kier molecular flexibility index (Phi) is 8.06. The molecule has 2 aliphatic carbocycles. The van der Waals surface area contributed by atoms with Crippen molar-refractivity contribution in [3.63, 3.8) is 0 Å². The normalized spacial score (nSPS) is 17.4. The van der Waals surface area contributed by atoms with Crippen molar-refractivity contribution in [1.82, 2.24) is 5.32 Å². The smallest absolute Gasteiger partial charge is 0.261 e. The summed E-state index contributed by atoms with van der Waals surface area (Å²) in [6.07, 6.45) is 5.70. The van der Waals surface area contributed by atoms with Crippen molar-refractivity contribution >= 4 is 17.3 Å². The molecule has 0 saturated heterocycles. The number of allylic oxidation sites excluding steroid dienone is 7. The van der Waals surface area contributed by atoms with Crippen LogP contribution in [0.15, 0.2) is 83.3 Å². The number of carbonyl (C=O) groups is 2. The molecule has 8 heteroatoms. The standard InChI is InChI=1S/C27H27F2NO5/c1-6-7-18(33-3)14-30-24(31)13-20-15(2)25(19-9-8-17(28)12-21(19)20)26(29)16-10-22(34-4)27(32)23(11-16)35-5/h6-12,25H,1,13-14H2,2-5H3,(H,30,31)/b18-7-. The minimum atomic E-state index is -0.865. The molecule has 3 rings (SSSR count). The molecule has 1 amide bonds. The minimum absolute atomic E-state index is 0.0606. The van der Waals surface area contributed by atoms with Gasteiger partial charge in [0.1, 0.15) is 17.4 Å². The zero-order chi connectivity index (χ0) is 25.7. The Morgan fingerprint density at radius 2 is 1.83 bits per heavy atom. The van der Waals surface area contributed by atoms with Crippen LogP contribution < -0.4 is 5.32 Å². The molecule has 1 unspecified atom stereocenters. The molecule has 0 bridgehead atoms. The highest BCUT2D eigenvalue weighted by Gasteiger charge is 2.35. The molecule has 0 heterocycles. The summed E-state index contributed by atoms with van der Waals surface area (Å²) in [5.41, 5.74) is 2.19. The number of hydrogen-bond acceptors (Lipinski definition) is 5. The largest absolute Gasteiger partial charge is 0.499 e. The predicted octanol–water partition coefficient (Wildman–Crippen LogP) is 4.79. The average Bonchev–Trinajstić information content (AvgIpc) is 3.11. The van der Waals surface area contributed by atoms with E-state index in [-0.39, 0.29) is 36.0 Å². The second-order valence-corrected chi connectivity index (χ2v) is 7.91. The lowest BCUT2D eigenvalue weighted by molar-refractivity contribution is -0.120. The van der Waals surface area contributed by atoms with E-state index in [1.165, 1.54) is 51.7 Å². The van der Waals surface area contributed by atoms with E-state index in [4.69, 9.17) is 14.2 Å². The topological polar surface area (TPSA) is 73.9 Å². The highest BCUT2D eigenvalue weighted by atomic mass is 19.1. The molecule has 0 aliphatic heterocycles. The summed E-state index contributed by atoms with van der Waals surface area (Å²) >= 11 is 0. The van der Waals surface area contributed by atoms with Crippen LogP contribution in [0.25, 0.3) is 5.57 Å². The fraction of sp³-hybridized carbons (Fsp3) is 0.259. The molecule has 2 aliphatic rings. The molecule has 6 nitrogen and oxygen atoms in total. The van der Waals surface area contributed by atoms with Crippen LogP contribution >= 0.6 is 0 Å². The lowest BCUT2D eigenvalue weighted by Gasteiger charge is -2.18. The van der Waals surface area contributed by atoms with Gasteiger partial charge in [0, 0.05) is 5.57 Å². The van der Waals surface area contributed by atoms with Crippen molar-refractivity contribution < 1.29 is 32.6 Å². The average molecular weight is 484 g/mol. The van der Waals surface area contributed by atoms with E-state index in [1.807, 2.05) is 0 Å². The number of rotatable bonds is 9. The van der Waals surface area contributed by atoms with E-state index >= 15 is 4.39 Å². The molecule has 35 heavy (non-hydrogen) atoms. The van der Waals surface area contributed by atoms with E-state index in [9.17, 15) is 14.0 Å². The van der Waals surface area contributed by atoms with Gasteiger partial charge in [-0.25, -0.2) is 8.78 Å². The zero-order valence-corrected chi connectivity index (χ0v) is 20.0. The van der Waals surface area contributed by atoms with Crippen molar-refractivity contribution in [3.05, 3.63) is 100 Å². The molecule has 0 aromatic heterocycles. The lowest BCUT2D eigenvalue weighted by Crippen LogP contribution is -2.26. The van der Waals surface area contributed by atoms with E-state index in [0.717, 1.165) is 0 Å². The van der Waals surface area contributed by atoms with E-state index < -0.39 is 23.3 Å². The van der Waals surface area contributed by atoms with Crippen LogP contribution in [0.1, 0.15) is 30.4 Å². The van der Waals surface area contributed by atoms with Crippen LogP contribution in [0, 0.1) is 5.82 Å². The Bertz CT molecular complexity index is 1190. The number of Topliss-reactive ketones (excluding diaryl/α,β-unsaturated/α-hetero) is 1. The first-order valence-electron chi connectivity index (χ1n) is 10.8. The fourth-order valence-corrected chi connectivity index (χ4v) is 4.15. The van der Waals surface area contributed by atoms with Crippen molar-refractivity contribution in [2.75, 3.05) is 27.9 Å². The van der Waals surface area contributed by atoms with Crippen LogP contribution in [0.4, 0.5) is 8.78 Å². The SMILES string of the molecule is C=C/C=C(/CNC(=O)CC1=C(C)C(C(F)=C2C=C(OC)C(=O)C(OC)=C2)c2ccc(F)cc21)OC. The third kappa shape index (κ3) is 5.26. The van der Waals surface area contributed by atoms with Crippen molar-refractivity contribution in [2.24, 2.45) is 0 Å². The van der Waals surface area contributed by atoms with Crippen molar-refractivity contribution in [1.29, 1.82) is 0 Å². The lowest BCUT2D eigenvalue weighted by atomic mass is 9.91. The van der Waals surface area contributed by atoms with E-state index in [0.29, 0.717) is 28.0 Å². The summed E-state index contributed by atoms with van der Waals surface area (Å²) in [5.74, 6) is -2.37. The Labute approximate surface area is 202 Å². The van der Waals surface area contributed by atoms with Gasteiger partial charge in [-0.1, -0.05) is 24.3 Å². The molecule has 184 valence electrons. The van der Waals surface area contributed by atoms with Crippen LogP contribution in [0.3, 0.4) is 0 Å². The van der Waals surface area contributed by atoms with Crippen LogP contribution in [-0.2, 0) is 23.8 Å². The summed E-state index contributed by atoms with van der Waals surface area (Å²) in [4.78, 5) is 25.0. The second kappa shape index (κ2) is 11.0. The first-order valence-corrected chi connectivity index (χ1v) is 10.8. The van der Waals surface area contributed by atoms with Gasteiger partial charge in [0.25, 0.3) is 5.78 Å². The van der Waals surface area contributed by atoms with Crippen molar-refractivity contribution in [3.8, 4) is 0 Å². The number of ether oxygens (including phenoxy) is 3. The summed E-state index contributed by atoms with van der Waals surface area (Å²) < 4.78 is 45.5. The number of nitrogens with one attached hydrogen (secondary N) is 1. The Hall–Kier alpha value is -3.94. The molecule has 0 spiro atoms. The zero-order valence-electron chi connectivity index (χ0n) is 20.0. The molecule has 0 fully saturated rings. The summed E-state index contributed by atoms with van der Waals surface area (Å²) in [5, 5.41) is 2.75. The summed E-state index contributed by atoms with van der Waals surface area (Å²) in [6, 6.07) is 4.06. The summed E-state index contributed by atoms with van der Waals surface area (Å²) in [6.45, 7) is 5.45. The monoisotopic (exact) mass is 483 g/mol. The van der Waals surface area contributed by atoms with Crippen LogP contribution in [0.5, 0.6) is 0 Å². The van der Waals surface area contributed by atoms with E-state index in [1.54, 1.807) is 19.1 Å². The van der Waals surface area contributed by atoms with Crippen molar-refractivity contribution in [2.45, 2.75) is 19.3 Å². The Morgan fingerprint density at radius 3 is 2.40 bits per heavy atom. The van der Waals surface area contributed by atoms with Crippen LogP contribution in [-0.4, -0.2) is 39.6 Å². The molecule has 1 atom stereocenters. The number of halogens is 2.